The SMILES string of the molecule is CCN(CC)c1ccc([C@H]2[C@@H]3C(=O)C[C@@H](c4ccc(F)cc4)CC3=Nc3ccccc3N2C(=O)CCC(=O)O)cc1. The van der Waals surface area contributed by atoms with Crippen LogP contribution >= 0.6 is 0 Å². The lowest BCUT2D eigenvalue weighted by Gasteiger charge is -2.39. The van der Waals surface area contributed by atoms with E-state index < -0.39 is 17.9 Å². The molecular weight excluding hydrogens is 521 g/mol. The van der Waals surface area contributed by atoms with Gasteiger partial charge in [0.05, 0.1) is 29.8 Å². The predicted octanol–water partition coefficient (Wildman–Crippen LogP) is 6.46. The van der Waals surface area contributed by atoms with Crippen LogP contribution in [0.25, 0.3) is 0 Å². The zero-order valence-corrected chi connectivity index (χ0v) is 23.3. The number of ketones is 1. The summed E-state index contributed by atoms with van der Waals surface area (Å²) in [6.07, 6.45) is 0.203. The number of carbonyl (C=O) groups is 3. The van der Waals surface area contributed by atoms with E-state index in [1.807, 2.05) is 42.5 Å². The Morgan fingerprint density at radius 1 is 0.927 bits per heavy atom. The van der Waals surface area contributed by atoms with Crippen LogP contribution in [-0.2, 0) is 14.4 Å². The average Bonchev–Trinajstić information content (AvgIpc) is 3.12. The molecule has 1 aliphatic heterocycles. The summed E-state index contributed by atoms with van der Waals surface area (Å²) in [5, 5.41) is 9.33. The number of anilines is 2. The monoisotopic (exact) mass is 555 g/mol. The van der Waals surface area contributed by atoms with E-state index in [0.29, 0.717) is 23.5 Å². The Labute approximate surface area is 239 Å². The highest BCUT2D eigenvalue weighted by Gasteiger charge is 2.46. The topological polar surface area (TPSA) is 90.3 Å². The predicted molar refractivity (Wildman–Crippen MR) is 158 cm³/mol. The largest absolute Gasteiger partial charge is 0.481 e. The van der Waals surface area contributed by atoms with Gasteiger partial charge in [-0.15, -0.1) is 0 Å². The number of para-hydroxylation sites is 2. The number of fused-ring (bicyclic) bond motifs is 2. The summed E-state index contributed by atoms with van der Waals surface area (Å²) in [4.78, 5) is 48.1. The fourth-order valence-corrected chi connectivity index (χ4v) is 6.10. The second-order valence-electron chi connectivity index (χ2n) is 10.6. The summed E-state index contributed by atoms with van der Waals surface area (Å²) in [5.41, 5.74) is 4.48. The summed E-state index contributed by atoms with van der Waals surface area (Å²) in [7, 11) is 0. The molecule has 212 valence electrons. The Bertz CT molecular complexity index is 1460. The fourth-order valence-electron chi connectivity index (χ4n) is 6.10. The van der Waals surface area contributed by atoms with Gasteiger partial charge < -0.3 is 14.9 Å². The lowest BCUT2D eigenvalue weighted by Crippen LogP contribution is -2.45. The van der Waals surface area contributed by atoms with Crippen molar-refractivity contribution in [3.63, 3.8) is 0 Å². The smallest absolute Gasteiger partial charge is 0.303 e. The van der Waals surface area contributed by atoms with Crippen molar-refractivity contribution in [1.82, 2.24) is 0 Å². The van der Waals surface area contributed by atoms with E-state index in [1.54, 1.807) is 23.1 Å². The van der Waals surface area contributed by atoms with Crippen LogP contribution < -0.4 is 9.80 Å². The van der Waals surface area contributed by atoms with Crippen molar-refractivity contribution in [3.8, 4) is 0 Å². The molecular formula is C33H34FN3O4. The highest BCUT2D eigenvalue weighted by Crippen LogP contribution is 2.47. The summed E-state index contributed by atoms with van der Waals surface area (Å²) in [5.74, 6) is -2.68. The molecule has 3 aromatic carbocycles. The van der Waals surface area contributed by atoms with Crippen LogP contribution in [0.4, 0.5) is 21.5 Å². The van der Waals surface area contributed by atoms with Gasteiger partial charge in [-0.05, 0) is 73.7 Å². The highest BCUT2D eigenvalue weighted by molar-refractivity contribution is 6.13. The highest BCUT2D eigenvalue weighted by atomic mass is 19.1. The molecule has 8 heteroatoms. The normalized spacial score (nSPS) is 20.0. The van der Waals surface area contributed by atoms with Gasteiger partial charge in [0.15, 0.2) is 0 Å². The fraction of sp³-hybridized carbons (Fsp3) is 0.333. The molecule has 0 radical (unpaired) electrons. The van der Waals surface area contributed by atoms with Gasteiger partial charge >= 0.3 is 5.97 Å². The summed E-state index contributed by atoms with van der Waals surface area (Å²) < 4.78 is 13.6. The van der Waals surface area contributed by atoms with Crippen molar-refractivity contribution in [1.29, 1.82) is 0 Å². The molecule has 1 saturated carbocycles. The quantitative estimate of drug-likeness (QED) is 0.345. The van der Waals surface area contributed by atoms with Crippen molar-refractivity contribution in [2.24, 2.45) is 10.9 Å². The van der Waals surface area contributed by atoms with E-state index in [2.05, 4.69) is 18.7 Å². The first-order chi connectivity index (χ1) is 19.8. The number of hydrogen-bond donors (Lipinski definition) is 1. The molecule has 1 N–H and O–H groups in total. The zero-order valence-electron chi connectivity index (χ0n) is 23.3. The van der Waals surface area contributed by atoms with E-state index in [-0.39, 0.29) is 42.7 Å². The minimum absolute atomic E-state index is 0.0500. The van der Waals surface area contributed by atoms with Crippen LogP contribution in [0.3, 0.4) is 0 Å². The van der Waals surface area contributed by atoms with Gasteiger partial charge in [0.1, 0.15) is 11.6 Å². The van der Waals surface area contributed by atoms with Crippen molar-refractivity contribution in [2.75, 3.05) is 22.9 Å². The molecule has 0 unspecified atom stereocenters. The van der Waals surface area contributed by atoms with Crippen LogP contribution in [0, 0.1) is 11.7 Å². The molecule has 0 spiro atoms. The number of halogens is 1. The summed E-state index contributed by atoms with van der Waals surface area (Å²) >= 11 is 0. The average molecular weight is 556 g/mol. The molecule has 1 fully saturated rings. The van der Waals surface area contributed by atoms with E-state index in [1.165, 1.54) is 12.1 Å². The second-order valence-corrected chi connectivity index (χ2v) is 10.6. The van der Waals surface area contributed by atoms with E-state index >= 15 is 0 Å². The van der Waals surface area contributed by atoms with Crippen molar-refractivity contribution in [3.05, 3.63) is 89.7 Å². The van der Waals surface area contributed by atoms with Gasteiger partial charge in [-0.1, -0.05) is 36.4 Å². The van der Waals surface area contributed by atoms with E-state index in [4.69, 9.17) is 4.99 Å². The number of aliphatic imine (C=N–C) groups is 1. The maximum Gasteiger partial charge on any atom is 0.303 e. The lowest BCUT2D eigenvalue weighted by molar-refractivity contribution is -0.138. The lowest BCUT2D eigenvalue weighted by atomic mass is 9.72. The molecule has 3 atom stereocenters. The number of aliphatic carboxylic acids is 1. The van der Waals surface area contributed by atoms with Gasteiger partial charge in [0.25, 0.3) is 0 Å². The molecule has 1 heterocycles. The first-order valence-electron chi connectivity index (χ1n) is 14.1. The van der Waals surface area contributed by atoms with Gasteiger partial charge in [0, 0.05) is 37.3 Å². The van der Waals surface area contributed by atoms with Crippen LogP contribution in [0.5, 0.6) is 0 Å². The van der Waals surface area contributed by atoms with Crippen molar-refractivity contribution < 1.29 is 23.9 Å². The summed E-state index contributed by atoms with van der Waals surface area (Å²) in [6, 6.07) is 20.7. The number of amides is 1. The molecule has 41 heavy (non-hydrogen) atoms. The molecule has 0 bridgehead atoms. The third-order valence-corrected chi connectivity index (χ3v) is 8.13. The van der Waals surface area contributed by atoms with Crippen LogP contribution in [0.2, 0.25) is 0 Å². The van der Waals surface area contributed by atoms with Gasteiger partial charge in [0.2, 0.25) is 5.91 Å². The van der Waals surface area contributed by atoms with Crippen molar-refractivity contribution >= 4 is 40.4 Å². The Morgan fingerprint density at radius 2 is 1.59 bits per heavy atom. The number of hydrogen-bond acceptors (Lipinski definition) is 5. The molecule has 1 aliphatic carbocycles. The molecule has 0 aromatic heterocycles. The first-order valence-corrected chi connectivity index (χ1v) is 14.1. The molecule has 0 saturated heterocycles. The maximum absolute atomic E-state index is 14.1. The Morgan fingerprint density at radius 3 is 2.24 bits per heavy atom. The van der Waals surface area contributed by atoms with Gasteiger partial charge in [-0.25, -0.2) is 4.39 Å². The van der Waals surface area contributed by atoms with Gasteiger partial charge in [-0.3, -0.25) is 19.4 Å². The van der Waals surface area contributed by atoms with E-state index in [0.717, 1.165) is 29.9 Å². The molecule has 3 aromatic rings. The first kappa shape index (κ1) is 28.2. The third kappa shape index (κ3) is 5.78. The number of rotatable bonds is 8. The molecule has 7 nitrogen and oxygen atoms in total. The van der Waals surface area contributed by atoms with Crippen LogP contribution in [0.15, 0.2) is 77.8 Å². The minimum Gasteiger partial charge on any atom is -0.481 e. The zero-order chi connectivity index (χ0) is 29.1. The molecule has 1 amide bonds. The number of carbonyl (C=O) groups excluding carboxylic acids is 2. The molecule has 5 rings (SSSR count). The number of nitrogens with zero attached hydrogens (tertiary/aromatic N) is 3. The standard InChI is InChI=1S/C33H34FN3O4/c1-3-36(4-2)25-15-11-22(12-16-25)33-32-27(19-23(20-29(32)38)21-9-13-24(34)14-10-21)35-26-7-5-6-8-28(26)37(33)30(39)17-18-31(40)41/h5-16,23,32-33H,3-4,17-20H2,1-2H3,(H,40,41)/t23-,32-,33-/m0/s1. The van der Waals surface area contributed by atoms with Gasteiger partial charge in [-0.2, -0.15) is 0 Å². The number of carboxylic acid groups (broad SMARTS) is 1. The number of carboxylic acids is 1. The second kappa shape index (κ2) is 12.0. The summed E-state index contributed by atoms with van der Waals surface area (Å²) in [6.45, 7) is 5.86. The Hall–Kier alpha value is -4.33. The van der Waals surface area contributed by atoms with Crippen molar-refractivity contribution in [2.45, 2.75) is 51.5 Å². The third-order valence-electron chi connectivity index (χ3n) is 8.13. The van der Waals surface area contributed by atoms with Crippen LogP contribution in [-0.4, -0.2) is 41.6 Å². The van der Waals surface area contributed by atoms with E-state index in [9.17, 15) is 23.9 Å². The van der Waals surface area contributed by atoms with Crippen LogP contribution in [0.1, 0.15) is 62.6 Å². The number of benzene rings is 3. The Kier molecular flexibility index (Phi) is 8.28. The molecule has 2 aliphatic rings. The maximum atomic E-state index is 14.1. The Balaban J connectivity index is 1.63. The minimum atomic E-state index is -1.06. The number of Topliss-reactive ketones (excluding diaryl/α,β-unsaturated/α-hetero) is 1.